The van der Waals surface area contributed by atoms with Crippen molar-refractivity contribution >= 4 is 5.91 Å². The maximum atomic E-state index is 11.5. The van der Waals surface area contributed by atoms with Gasteiger partial charge in [-0.05, 0) is 13.3 Å². The quantitative estimate of drug-likeness (QED) is 0.691. The van der Waals surface area contributed by atoms with Crippen molar-refractivity contribution in [3.05, 3.63) is 18.2 Å². The molecule has 1 rings (SSSR count). The molecule has 1 atom stereocenters. The number of aryl methyl sites for hydroxylation is 1. The minimum atomic E-state index is 0.103. The fourth-order valence-electron chi connectivity index (χ4n) is 1.42. The van der Waals surface area contributed by atoms with Crippen LogP contribution in [0.3, 0.4) is 0 Å². The first-order valence-corrected chi connectivity index (χ1v) is 6.09. The molecule has 1 heterocycles. The highest BCUT2D eigenvalue weighted by molar-refractivity contribution is 5.76. The molecule has 1 aromatic heterocycles. The third kappa shape index (κ3) is 4.99. The summed E-state index contributed by atoms with van der Waals surface area (Å²) in [6, 6.07) is 0.261. The second kappa shape index (κ2) is 7.06. The fraction of sp³-hybridized carbons (Fsp3) is 0.667. The van der Waals surface area contributed by atoms with Crippen molar-refractivity contribution in [1.29, 1.82) is 0 Å². The van der Waals surface area contributed by atoms with Crippen LogP contribution in [-0.4, -0.2) is 28.0 Å². The molecule has 1 aromatic rings. The number of nitrogens with one attached hydrogen (secondary N) is 2. The van der Waals surface area contributed by atoms with E-state index in [0.29, 0.717) is 19.5 Å². The van der Waals surface area contributed by atoms with Crippen molar-refractivity contribution in [2.45, 2.75) is 39.3 Å². The molecule has 17 heavy (non-hydrogen) atoms. The van der Waals surface area contributed by atoms with Gasteiger partial charge in [0.1, 0.15) is 5.82 Å². The molecule has 5 heteroatoms. The summed E-state index contributed by atoms with van der Waals surface area (Å²) >= 11 is 0. The number of carbonyl (C=O) groups is 1. The summed E-state index contributed by atoms with van der Waals surface area (Å²) in [4.78, 5) is 15.7. The zero-order chi connectivity index (χ0) is 12.7. The Morgan fingerprint density at radius 3 is 2.94 bits per heavy atom. The first-order chi connectivity index (χ1) is 8.13. The minimum absolute atomic E-state index is 0.103. The number of aromatic nitrogens is 2. The Morgan fingerprint density at radius 2 is 2.35 bits per heavy atom. The predicted molar refractivity (Wildman–Crippen MR) is 67.4 cm³/mol. The van der Waals surface area contributed by atoms with Gasteiger partial charge in [-0.2, -0.15) is 0 Å². The molecule has 0 fully saturated rings. The maximum absolute atomic E-state index is 11.5. The van der Waals surface area contributed by atoms with E-state index in [0.717, 1.165) is 12.2 Å². The SMILES string of the molecule is CCC(C)NC(=O)CCNCc1nccn1C. The number of nitrogens with zero attached hydrogens (tertiary/aromatic N) is 2. The van der Waals surface area contributed by atoms with Gasteiger partial charge in [-0.1, -0.05) is 6.92 Å². The van der Waals surface area contributed by atoms with Gasteiger partial charge in [0.15, 0.2) is 0 Å². The molecule has 0 aliphatic heterocycles. The molecule has 96 valence electrons. The van der Waals surface area contributed by atoms with E-state index in [9.17, 15) is 4.79 Å². The Balaban J connectivity index is 2.12. The van der Waals surface area contributed by atoms with E-state index in [1.54, 1.807) is 6.20 Å². The second-order valence-electron chi connectivity index (χ2n) is 4.26. The van der Waals surface area contributed by atoms with E-state index in [1.807, 2.05) is 24.7 Å². The van der Waals surface area contributed by atoms with Gasteiger partial charge >= 0.3 is 0 Å². The molecular weight excluding hydrogens is 216 g/mol. The summed E-state index contributed by atoms with van der Waals surface area (Å²) in [5, 5.41) is 6.14. The summed E-state index contributed by atoms with van der Waals surface area (Å²) in [6.45, 7) is 5.44. The van der Waals surface area contributed by atoms with Crippen molar-refractivity contribution < 1.29 is 4.79 Å². The van der Waals surface area contributed by atoms with E-state index in [1.165, 1.54) is 0 Å². The summed E-state index contributed by atoms with van der Waals surface area (Å²) in [6.07, 6.45) is 5.15. The Bertz CT molecular complexity index is 348. The van der Waals surface area contributed by atoms with Crippen molar-refractivity contribution in [2.75, 3.05) is 6.54 Å². The van der Waals surface area contributed by atoms with E-state index < -0.39 is 0 Å². The lowest BCUT2D eigenvalue weighted by molar-refractivity contribution is -0.121. The number of hydrogen-bond acceptors (Lipinski definition) is 3. The number of rotatable bonds is 7. The number of imidazole rings is 1. The largest absolute Gasteiger partial charge is 0.354 e. The summed E-state index contributed by atoms with van der Waals surface area (Å²) in [7, 11) is 1.96. The number of carbonyl (C=O) groups excluding carboxylic acids is 1. The van der Waals surface area contributed by atoms with Gasteiger partial charge in [0.2, 0.25) is 5.91 Å². The van der Waals surface area contributed by atoms with Gasteiger partial charge in [-0.3, -0.25) is 4.79 Å². The van der Waals surface area contributed by atoms with Gasteiger partial charge in [0.05, 0.1) is 6.54 Å². The summed E-state index contributed by atoms with van der Waals surface area (Å²) in [5.41, 5.74) is 0. The zero-order valence-corrected chi connectivity index (χ0v) is 10.9. The van der Waals surface area contributed by atoms with Crippen molar-refractivity contribution in [3.8, 4) is 0 Å². The summed E-state index contributed by atoms with van der Waals surface area (Å²) < 4.78 is 1.96. The lowest BCUT2D eigenvalue weighted by Gasteiger charge is -2.11. The Morgan fingerprint density at radius 1 is 1.59 bits per heavy atom. The molecule has 0 bridgehead atoms. The van der Waals surface area contributed by atoms with Crippen molar-refractivity contribution in [3.63, 3.8) is 0 Å². The molecule has 0 spiro atoms. The van der Waals surface area contributed by atoms with Crippen LogP contribution in [0.5, 0.6) is 0 Å². The van der Waals surface area contributed by atoms with Gasteiger partial charge < -0.3 is 15.2 Å². The number of amides is 1. The standard InChI is InChI=1S/C12H22N4O/c1-4-10(2)15-12(17)5-6-13-9-11-14-7-8-16(11)3/h7-8,10,13H,4-6,9H2,1-3H3,(H,15,17). The van der Waals surface area contributed by atoms with Crippen LogP contribution in [0.25, 0.3) is 0 Å². The van der Waals surface area contributed by atoms with Crippen molar-refractivity contribution in [1.82, 2.24) is 20.2 Å². The number of hydrogen-bond donors (Lipinski definition) is 2. The smallest absolute Gasteiger partial charge is 0.221 e. The predicted octanol–water partition coefficient (Wildman–Crippen LogP) is 0.814. The van der Waals surface area contributed by atoms with Crippen LogP contribution in [0.2, 0.25) is 0 Å². The molecule has 0 aliphatic carbocycles. The third-order valence-corrected chi connectivity index (χ3v) is 2.75. The normalized spacial score (nSPS) is 12.4. The first kappa shape index (κ1) is 13.7. The van der Waals surface area contributed by atoms with Crippen LogP contribution >= 0.6 is 0 Å². The maximum Gasteiger partial charge on any atom is 0.221 e. The third-order valence-electron chi connectivity index (χ3n) is 2.75. The zero-order valence-electron chi connectivity index (χ0n) is 10.9. The van der Waals surface area contributed by atoms with Gasteiger partial charge in [0.25, 0.3) is 0 Å². The first-order valence-electron chi connectivity index (χ1n) is 6.09. The highest BCUT2D eigenvalue weighted by atomic mass is 16.1. The average molecular weight is 238 g/mol. The van der Waals surface area contributed by atoms with Crippen LogP contribution < -0.4 is 10.6 Å². The van der Waals surface area contributed by atoms with E-state index in [2.05, 4.69) is 22.5 Å². The molecule has 0 radical (unpaired) electrons. The van der Waals surface area contributed by atoms with Crippen LogP contribution in [0.15, 0.2) is 12.4 Å². The Labute approximate surface area is 103 Å². The van der Waals surface area contributed by atoms with Crippen LogP contribution in [0, 0.1) is 0 Å². The molecule has 5 nitrogen and oxygen atoms in total. The highest BCUT2D eigenvalue weighted by Crippen LogP contribution is 1.93. The van der Waals surface area contributed by atoms with Crippen LogP contribution in [-0.2, 0) is 18.4 Å². The van der Waals surface area contributed by atoms with Crippen LogP contribution in [0.1, 0.15) is 32.5 Å². The van der Waals surface area contributed by atoms with E-state index >= 15 is 0 Å². The second-order valence-corrected chi connectivity index (χ2v) is 4.26. The molecule has 0 aromatic carbocycles. The van der Waals surface area contributed by atoms with Gasteiger partial charge in [-0.25, -0.2) is 4.98 Å². The highest BCUT2D eigenvalue weighted by Gasteiger charge is 2.05. The molecular formula is C12H22N4O. The van der Waals surface area contributed by atoms with Gasteiger partial charge in [-0.15, -0.1) is 0 Å². The van der Waals surface area contributed by atoms with E-state index in [-0.39, 0.29) is 11.9 Å². The molecule has 2 N–H and O–H groups in total. The lowest BCUT2D eigenvalue weighted by Crippen LogP contribution is -2.34. The Hall–Kier alpha value is -1.36. The molecule has 0 saturated carbocycles. The average Bonchev–Trinajstić information content (AvgIpc) is 2.70. The minimum Gasteiger partial charge on any atom is -0.354 e. The molecule has 1 amide bonds. The van der Waals surface area contributed by atoms with Crippen LogP contribution in [0.4, 0.5) is 0 Å². The Kier molecular flexibility index (Phi) is 5.69. The summed E-state index contributed by atoms with van der Waals surface area (Å²) in [5.74, 6) is 1.08. The molecule has 0 saturated heterocycles. The van der Waals surface area contributed by atoms with Gasteiger partial charge in [0, 0.05) is 38.4 Å². The van der Waals surface area contributed by atoms with Crippen molar-refractivity contribution in [2.24, 2.45) is 7.05 Å². The lowest BCUT2D eigenvalue weighted by atomic mass is 10.2. The monoisotopic (exact) mass is 238 g/mol. The van der Waals surface area contributed by atoms with E-state index in [4.69, 9.17) is 0 Å². The fourth-order valence-corrected chi connectivity index (χ4v) is 1.42. The molecule has 0 aliphatic rings. The molecule has 1 unspecified atom stereocenters. The topological polar surface area (TPSA) is 59.0 Å².